The third-order valence-electron chi connectivity index (χ3n) is 2.25. The molecule has 1 aromatic rings. The van der Waals surface area contributed by atoms with Gasteiger partial charge in [0.2, 0.25) is 5.78 Å². The maximum atomic E-state index is 11.1. The minimum atomic E-state index is -0.764. The monoisotopic (exact) mass is 219 g/mol. The molecule has 1 aliphatic heterocycles. The number of hydrogen-bond donors (Lipinski definition) is 0. The van der Waals surface area contributed by atoms with Crippen molar-refractivity contribution in [1.29, 1.82) is 0 Å². The third kappa shape index (κ3) is 1.56. The van der Waals surface area contributed by atoms with Gasteiger partial charge in [0.15, 0.2) is 11.5 Å². The summed E-state index contributed by atoms with van der Waals surface area (Å²) in [5.74, 6) is -0.421. The van der Waals surface area contributed by atoms with Gasteiger partial charge in [-0.25, -0.2) is 4.99 Å². The van der Waals surface area contributed by atoms with Crippen LogP contribution in [0.5, 0.6) is 11.5 Å². The Morgan fingerprint density at radius 3 is 2.31 bits per heavy atom. The number of carbonyl (C=O) groups is 2. The quantitative estimate of drug-likeness (QED) is 0.612. The van der Waals surface area contributed by atoms with Gasteiger partial charge in [-0.3, -0.25) is 9.59 Å². The standard InChI is InChI=1S/C11H9NO4/c1-15-9-4-6-3-8(13)11(14)12-7(6)5-10(9)16-2/h3-5H,1-2H3. The molecule has 1 aromatic carbocycles. The zero-order valence-corrected chi connectivity index (χ0v) is 8.81. The van der Waals surface area contributed by atoms with Crippen LogP contribution in [0.3, 0.4) is 0 Å². The Balaban J connectivity index is 2.76. The van der Waals surface area contributed by atoms with Gasteiger partial charge in [-0.2, -0.15) is 0 Å². The van der Waals surface area contributed by atoms with Crippen molar-refractivity contribution in [1.82, 2.24) is 0 Å². The molecule has 0 fully saturated rings. The second kappa shape index (κ2) is 3.77. The summed E-state index contributed by atoms with van der Waals surface area (Å²) in [5, 5.41) is 0.976. The van der Waals surface area contributed by atoms with Gasteiger partial charge >= 0.3 is 5.91 Å². The normalized spacial score (nSPS) is 13.6. The van der Waals surface area contributed by atoms with E-state index in [0.29, 0.717) is 22.1 Å². The molecule has 5 heteroatoms. The summed E-state index contributed by atoms with van der Waals surface area (Å²) in [7, 11) is 2.99. The number of fused-ring (bicyclic) bond motifs is 1. The number of nitrogens with zero attached hydrogens (tertiary/aromatic N) is 1. The number of ketones is 1. The molecule has 1 heterocycles. The number of ether oxygens (including phenoxy) is 2. The second-order valence-corrected chi connectivity index (χ2v) is 3.19. The molecule has 0 bridgehead atoms. The van der Waals surface area contributed by atoms with Crippen LogP contribution in [0.15, 0.2) is 17.1 Å². The largest absolute Gasteiger partial charge is 0.493 e. The van der Waals surface area contributed by atoms with E-state index in [1.165, 1.54) is 20.3 Å². The van der Waals surface area contributed by atoms with Crippen LogP contribution in [0.2, 0.25) is 0 Å². The maximum Gasteiger partial charge on any atom is 0.317 e. The van der Waals surface area contributed by atoms with Crippen molar-refractivity contribution in [2.24, 2.45) is 4.99 Å². The molecule has 0 spiro atoms. The van der Waals surface area contributed by atoms with E-state index in [0.717, 1.165) is 0 Å². The number of rotatable bonds is 2. The lowest BCUT2D eigenvalue weighted by atomic mass is 10.1. The van der Waals surface area contributed by atoms with Gasteiger partial charge in [0, 0.05) is 17.4 Å². The average Bonchev–Trinajstić information content (AvgIpc) is 2.29. The minimum absolute atomic E-state index is 0.419. The van der Waals surface area contributed by atoms with E-state index in [4.69, 9.17) is 9.47 Å². The topological polar surface area (TPSA) is 65.0 Å². The molecule has 0 unspecified atom stereocenters. The Kier molecular flexibility index (Phi) is 2.44. The second-order valence-electron chi connectivity index (χ2n) is 3.19. The summed E-state index contributed by atoms with van der Waals surface area (Å²) in [6, 6.07) is 3.18. The van der Waals surface area contributed by atoms with Crippen LogP contribution in [-0.2, 0) is 9.59 Å². The number of amides is 1. The minimum Gasteiger partial charge on any atom is -0.493 e. The smallest absolute Gasteiger partial charge is 0.317 e. The van der Waals surface area contributed by atoms with Crippen LogP contribution >= 0.6 is 0 Å². The van der Waals surface area contributed by atoms with Gasteiger partial charge in [0.1, 0.15) is 0 Å². The van der Waals surface area contributed by atoms with Crippen LogP contribution in [0.4, 0.5) is 0 Å². The summed E-state index contributed by atoms with van der Waals surface area (Å²) in [6.07, 6.45) is 1.24. The Labute approximate surface area is 91.0 Å². The van der Waals surface area contributed by atoms with Gasteiger partial charge in [-0.15, -0.1) is 0 Å². The van der Waals surface area contributed by atoms with Crippen molar-refractivity contribution in [3.63, 3.8) is 0 Å². The highest BCUT2D eigenvalue weighted by Gasteiger charge is 2.15. The first-order chi connectivity index (χ1) is 7.65. The number of carbonyl (C=O) groups excluding carboxylic acids is 2. The molecule has 0 aromatic heterocycles. The fourth-order valence-corrected chi connectivity index (χ4v) is 1.46. The molecule has 0 saturated carbocycles. The first-order valence-corrected chi connectivity index (χ1v) is 4.56. The molecule has 0 aliphatic carbocycles. The van der Waals surface area contributed by atoms with Crippen LogP contribution in [0.1, 0.15) is 0 Å². The summed E-state index contributed by atoms with van der Waals surface area (Å²) in [5.41, 5.74) is 0. The third-order valence-corrected chi connectivity index (χ3v) is 2.25. The van der Waals surface area contributed by atoms with Crippen molar-refractivity contribution < 1.29 is 19.1 Å². The molecule has 82 valence electrons. The van der Waals surface area contributed by atoms with Gasteiger partial charge in [0.25, 0.3) is 0 Å². The molecule has 1 aliphatic rings. The lowest BCUT2D eigenvalue weighted by molar-refractivity contribution is -0.132. The molecule has 1 amide bonds. The summed E-state index contributed by atoms with van der Waals surface area (Å²) in [4.78, 5) is 25.9. The van der Waals surface area contributed by atoms with E-state index in [-0.39, 0.29) is 0 Å². The molecule has 0 radical (unpaired) electrons. The lowest BCUT2D eigenvalue weighted by Crippen LogP contribution is -2.34. The van der Waals surface area contributed by atoms with Gasteiger partial charge in [-0.1, -0.05) is 0 Å². The van der Waals surface area contributed by atoms with Crippen LogP contribution < -0.4 is 20.0 Å². The van der Waals surface area contributed by atoms with E-state index >= 15 is 0 Å². The van der Waals surface area contributed by atoms with Crippen molar-refractivity contribution in [2.45, 2.75) is 0 Å². The molecule has 0 atom stereocenters. The highest BCUT2D eigenvalue weighted by molar-refractivity contribution is 6.48. The van der Waals surface area contributed by atoms with E-state index < -0.39 is 11.7 Å². The van der Waals surface area contributed by atoms with E-state index in [1.54, 1.807) is 12.1 Å². The van der Waals surface area contributed by atoms with Crippen LogP contribution in [0, 0.1) is 0 Å². The molecule has 0 saturated heterocycles. The summed E-state index contributed by atoms with van der Waals surface area (Å²) < 4.78 is 10.2. The lowest BCUT2D eigenvalue weighted by Gasteiger charge is -2.07. The molecular formula is C11H9NO4. The number of hydrogen-bond acceptors (Lipinski definition) is 4. The molecule has 0 N–H and O–H groups in total. The number of Topliss-reactive ketones (excluding diaryl/α,β-unsaturated/α-hetero) is 1. The van der Waals surface area contributed by atoms with Crippen molar-refractivity contribution in [2.75, 3.05) is 14.2 Å². The first kappa shape index (κ1) is 10.4. The van der Waals surface area contributed by atoms with Gasteiger partial charge in [-0.05, 0) is 6.07 Å². The van der Waals surface area contributed by atoms with Gasteiger partial charge < -0.3 is 9.47 Å². The molecular weight excluding hydrogens is 210 g/mol. The zero-order valence-electron chi connectivity index (χ0n) is 8.81. The molecule has 5 nitrogen and oxygen atoms in total. The molecule has 2 rings (SSSR count). The highest BCUT2D eigenvalue weighted by Crippen LogP contribution is 2.21. The van der Waals surface area contributed by atoms with Crippen LogP contribution in [0.25, 0.3) is 6.08 Å². The zero-order chi connectivity index (χ0) is 11.7. The van der Waals surface area contributed by atoms with E-state index in [1.807, 2.05) is 0 Å². The summed E-state index contributed by atoms with van der Waals surface area (Å²) >= 11 is 0. The highest BCUT2D eigenvalue weighted by atomic mass is 16.5. The summed E-state index contributed by atoms with van der Waals surface area (Å²) in [6.45, 7) is 0. The average molecular weight is 219 g/mol. The van der Waals surface area contributed by atoms with Crippen molar-refractivity contribution >= 4 is 17.8 Å². The first-order valence-electron chi connectivity index (χ1n) is 4.56. The Morgan fingerprint density at radius 1 is 1.06 bits per heavy atom. The van der Waals surface area contributed by atoms with Gasteiger partial charge in [0.05, 0.1) is 19.6 Å². The number of methoxy groups -OCH3 is 2. The Bertz CT molecular complexity index is 536. The predicted molar refractivity (Wildman–Crippen MR) is 54.8 cm³/mol. The maximum absolute atomic E-state index is 11.1. The molecule has 16 heavy (non-hydrogen) atoms. The SMILES string of the molecule is COc1cc2c(cc1OC)=NC(=O)C(=O)C=2. The Hall–Kier alpha value is -2.17. The van der Waals surface area contributed by atoms with Crippen molar-refractivity contribution in [3.8, 4) is 11.5 Å². The fourth-order valence-electron chi connectivity index (χ4n) is 1.46. The van der Waals surface area contributed by atoms with E-state index in [9.17, 15) is 9.59 Å². The fraction of sp³-hybridized carbons (Fsp3) is 0.182. The Morgan fingerprint density at radius 2 is 1.69 bits per heavy atom. The predicted octanol–water partition coefficient (Wildman–Crippen LogP) is -0.787. The van der Waals surface area contributed by atoms with E-state index in [2.05, 4.69) is 4.99 Å². The number of benzene rings is 1. The van der Waals surface area contributed by atoms with Crippen molar-refractivity contribution in [3.05, 3.63) is 22.7 Å². The van der Waals surface area contributed by atoms with Crippen LogP contribution in [-0.4, -0.2) is 25.9 Å².